The number of para-hydroxylation sites is 1. The molecular formula is C21H18IN5O2. The Bertz CT molecular complexity index is 1200. The molecule has 0 bridgehead atoms. The molecule has 0 atom stereocenters. The number of hydrogen-bond donors (Lipinski definition) is 2. The largest absolute Gasteiger partial charge is 0.457 e. The minimum absolute atomic E-state index is 0.262. The summed E-state index contributed by atoms with van der Waals surface area (Å²) in [5, 5.41) is 5.93. The van der Waals surface area contributed by atoms with Crippen LogP contribution >= 0.6 is 22.6 Å². The van der Waals surface area contributed by atoms with Crippen LogP contribution in [0.25, 0.3) is 11.0 Å². The number of pyridine rings is 1. The number of rotatable bonds is 5. The molecule has 0 saturated carbocycles. The molecule has 0 radical (unpaired) electrons. The van der Waals surface area contributed by atoms with E-state index in [1.807, 2.05) is 54.1 Å². The highest BCUT2D eigenvalue weighted by Crippen LogP contribution is 2.29. The number of imidazole rings is 1. The van der Waals surface area contributed by atoms with Crippen LogP contribution in [0, 0.1) is 3.57 Å². The number of halogens is 1. The fourth-order valence-corrected chi connectivity index (χ4v) is 3.42. The predicted octanol–water partition coefficient (Wildman–Crippen LogP) is 4.47. The molecule has 2 aromatic heterocycles. The van der Waals surface area contributed by atoms with Crippen molar-refractivity contribution in [2.24, 2.45) is 7.05 Å². The number of amides is 1. The Morgan fingerprint density at radius 2 is 1.90 bits per heavy atom. The highest BCUT2D eigenvalue weighted by Gasteiger charge is 2.11. The average Bonchev–Trinajstić information content (AvgIpc) is 3.04. The summed E-state index contributed by atoms with van der Waals surface area (Å²) in [6, 6.07) is 17.1. The lowest BCUT2D eigenvalue weighted by atomic mass is 10.3. The molecule has 4 rings (SSSR count). The summed E-state index contributed by atoms with van der Waals surface area (Å²) in [4.78, 5) is 20.5. The van der Waals surface area contributed by atoms with Crippen LogP contribution < -0.4 is 15.4 Å². The fourth-order valence-electron chi connectivity index (χ4n) is 2.90. The first-order valence-electron chi connectivity index (χ1n) is 8.89. The fraction of sp³-hybridized carbons (Fsp3) is 0.0952. The van der Waals surface area contributed by atoms with Gasteiger partial charge in [0.2, 0.25) is 5.95 Å². The van der Waals surface area contributed by atoms with Crippen molar-refractivity contribution >= 4 is 51.2 Å². The van der Waals surface area contributed by atoms with E-state index in [-0.39, 0.29) is 5.91 Å². The molecule has 8 heteroatoms. The predicted molar refractivity (Wildman–Crippen MR) is 121 cm³/mol. The number of ether oxygens (including phenoxy) is 1. The number of nitrogens with one attached hydrogen (secondary N) is 2. The highest BCUT2D eigenvalue weighted by atomic mass is 127. The number of carbonyl (C=O) groups excluding carboxylic acids is 1. The van der Waals surface area contributed by atoms with Crippen molar-refractivity contribution in [3.63, 3.8) is 0 Å². The maximum absolute atomic E-state index is 11.8. The maximum atomic E-state index is 11.8. The van der Waals surface area contributed by atoms with E-state index in [1.165, 1.54) is 0 Å². The van der Waals surface area contributed by atoms with Crippen molar-refractivity contribution in [3.05, 3.63) is 70.1 Å². The Labute approximate surface area is 181 Å². The van der Waals surface area contributed by atoms with Crippen molar-refractivity contribution in [2.75, 3.05) is 12.4 Å². The third kappa shape index (κ3) is 4.02. The number of aryl methyl sites for hydroxylation is 1. The van der Waals surface area contributed by atoms with Crippen LogP contribution in [0.3, 0.4) is 0 Å². The third-order valence-corrected chi connectivity index (χ3v) is 5.34. The summed E-state index contributed by atoms with van der Waals surface area (Å²) in [6.45, 7) is 0. The molecule has 2 heterocycles. The normalized spacial score (nSPS) is 10.7. The summed E-state index contributed by atoms with van der Waals surface area (Å²) in [5.41, 5.74) is 3.08. The second-order valence-electron chi connectivity index (χ2n) is 6.31. The Morgan fingerprint density at radius 1 is 1.10 bits per heavy atom. The monoisotopic (exact) mass is 499 g/mol. The zero-order chi connectivity index (χ0) is 20.4. The summed E-state index contributed by atoms with van der Waals surface area (Å²) in [5.74, 6) is 1.64. The van der Waals surface area contributed by atoms with Gasteiger partial charge >= 0.3 is 0 Å². The second-order valence-corrected chi connectivity index (χ2v) is 7.47. The van der Waals surface area contributed by atoms with E-state index in [2.05, 4.69) is 38.2 Å². The first-order valence-corrected chi connectivity index (χ1v) is 9.97. The minimum atomic E-state index is -0.262. The van der Waals surface area contributed by atoms with Gasteiger partial charge in [-0.3, -0.25) is 9.78 Å². The van der Waals surface area contributed by atoms with Gasteiger partial charge in [-0.05, 0) is 52.9 Å². The average molecular weight is 499 g/mol. The number of fused-ring (bicyclic) bond motifs is 1. The summed E-state index contributed by atoms with van der Waals surface area (Å²) >= 11 is 2.29. The number of carbonyl (C=O) groups is 1. The van der Waals surface area contributed by atoms with Gasteiger partial charge in [-0.1, -0.05) is 12.1 Å². The number of nitrogens with zero attached hydrogens (tertiary/aromatic N) is 3. The smallest absolute Gasteiger partial charge is 0.269 e. The van der Waals surface area contributed by atoms with Gasteiger partial charge in [0.05, 0.1) is 16.7 Å². The molecule has 0 aliphatic carbocycles. The molecule has 0 fully saturated rings. The SMILES string of the molecule is CNC(=O)c1cc(Oc2ccc3c(c2)nc(Nc2ccccc2I)n3C)ccn1. The van der Waals surface area contributed by atoms with Crippen LogP contribution in [0.5, 0.6) is 11.5 Å². The number of anilines is 2. The third-order valence-electron chi connectivity index (χ3n) is 4.40. The van der Waals surface area contributed by atoms with Crippen molar-refractivity contribution < 1.29 is 9.53 Å². The first-order chi connectivity index (χ1) is 14.0. The van der Waals surface area contributed by atoms with Crippen molar-refractivity contribution in [2.45, 2.75) is 0 Å². The molecule has 146 valence electrons. The van der Waals surface area contributed by atoms with Gasteiger partial charge in [0.25, 0.3) is 5.91 Å². The van der Waals surface area contributed by atoms with E-state index in [9.17, 15) is 4.79 Å². The molecule has 0 unspecified atom stereocenters. The van der Waals surface area contributed by atoms with E-state index in [1.54, 1.807) is 25.4 Å². The Balaban J connectivity index is 1.62. The Morgan fingerprint density at radius 3 is 2.69 bits per heavy atom. The lowest BCUT2D eigenvalue weighted by Gasteiger charge is -2.08. The molecule has 4 aromatic rings. The van der Waals surface area contributed by atoms with E-state index in [0.717, 1.165) is 26.2 Å². The summed E-state index contributed by atoms with van der Waals surface area (Å²) < 4.78 is 9.03. The number of hydrogen-bond acceptors (Lipinski definition) is 5. The maximum Gasteiger partial charge on any atom is 0.269 e. The molecule has 0 saturated heterocycles. The standard InChI is InChI=1S/C21H18IN5O2/c1-23-20(28)18-12-14(9-10-24-18)29-13-7-8-19-17(11-13)26-21(27(19)2)25-16-6-4-3-5-15(16)22/h3-12H,1-2H3,(H,23,28)(H,25,26). The molecular weight excluding hydrogens is 481 g/mol. The molecule has 0 aliphatic heterocycles. The molecule has 7 nitrogen and oxygen atoms in total. The molecule has 2 aromatic carbocycles. The van der Waals surface area contributed by atoms with Crippen molar-refractivity contribution in [1.82, 2.24) is 19.9 Å². The van der Waals surface area contributed by atoms with Crippen LogP contribution in [0.4, 0.5) is 11.6 Å². The van der Waals surface area contributed by atoms with Gasteiger partial charge < -0.3 is 19.9 Å². The van der Waals surface area contributed by atoms with Gasteiger partial charge in [-0.15, -0.1) is 0 Å². The Kier molecular flexibility index (Phi) is 5.34. The quantitative estimate of drug-likeness (QED) is 0.397. The number of benzene rings is 2. The van der Waals surface area contributed by atoms with E-state index in [4.69, 9.17) is 9.72 Å². The topological polar surface area (TPSA) is 81.1 Å². The highest BCUT2D eigenvalue weighted by molar-refractivity contribution is 14.1. The lowest BCUT2D eigenvalue weighted by molar-refractivity contribution is 0.0958. The molecule has 0 aliphatic rings. The van der Waals surface area contributed by atoms with Crippen LogP contribution in [0.2, 0.25) is 0 Å². The molecule has 1 amide bonds. The van der Waals surface area contributed by atoms with Gasteiger partial charge in [0, 0.05) is 36.0 Å². The Hall–Kier alpha value is -3.14. The van der Waals surface area contributed by atoms with Crippen LogP contribution in [0.1, 0.15) is 10.5 Å². The van der Waals surface area contributed by atoms with E-state index < -0.39 is 0 Å². The van der Waals surface area contributed by atoms with Gasteiger partial charge in [-0.2, -0.15) is 0 Å². The zero-order valence-corrected chi connectivity index (χ0v) is 18.0. The molecule has 2 N–H and O–H groups in total. The van der Waals surface area contributed by atoms with Crippen LogP contribution in [-0.4, -0.2) is 27.5 Å². The molecule has 29 heavy (non-hydrogen) atoms. The van der Waals surface area contributed by atoms with Crippen LogP contribution in [0.15, 0.2) is 60.8 Å². The van der Waals surface area contributed by atoms with Gasteiger partial charge in [-0.25, -0.2) is 4.98 Å². The van der Waals surface area contributed by atoms with E-state index in [0.29, 0.717) is 17.2 Å². The van der Waals surface area contributed by atoms with Crippen molar-refractivity contribution in [3.8, 4) is 11.5 Å². The zero-order valence-electron chi connectivity index (χ0n) is 15.8. The first kappa shape index (κ1) is 19.2. The molecule has 0 spiro atoms. The second kappa shape index (κ2) is 8.08. The number of aromatic nitrogens is 3. The van der Waals surface area contributed by atoms with Gasteiger partial charge in [0.1, 0.15) is 17.2 Å². The summed E-state index contributed by atoms with van der Waals surface area (Å²) in [6.07, 6.45) is 1.54. The van der Waals surface area contributed by atoms with Gasteiger partial charge in [0.15, 0.2) is 0 Å². The minimum Gasteiger partial charge on any atom is -0.457 e. The van der Waals surface area contributed by atoms with Crippen LogP contribution in [-0.2, 0) is 7.05 Å². The summed E-state index contributed by atoms with van der Waals surface area (Å²) in [7, 11) is 3.53. The van der Waals surface area contributed by atoms with E-state index >= 15 is 0 Å². The lowest BCUT2D eigenvalue weighted by Crippen LogP contribution is -2.18. The van der Waals surface area contributed by atoms with Crippen molar-refractivity contribution in [1.29, 1.82) is 0 Å².